The first-order valence-corrected chi connectivity index (χ1v) is 24.5. The van der Waals surface area contributed by atoms with E-state index in [1.807, 2.05) is 0 Å². The quantitative estimate of drug-likeness (QED) is 0.152. The third-order valence-corrected chi connectivity index (χ3v) is 15.3. The molecule has 0 saturated heterocycles. The number of anilines is 3. The molecule has 1 atom stereocenters. The minimum absolute atomic E-state index is 0.140. The summed E-state index contributed by atoms with van der Waals surface area (Å²) < 4.78 is 4.68. The summed E-state index contributed by atoms with van der Waals surface area (Å²) in [5, 5.41) is 1.13. The van der Waals surface area contributed by atoms with Gasteiger partial charge in [-0.2, -0.15) is 0 Å². The van der Waals surface area contributed by atoms with Crippen molar-refractivity contribution in [2.75, 3.05) is 4.90 Å². The first-order valence-electron chi connectivity index (χ1n) is 24.5. The minimum Gasteiger partial charge on any atom is -0.309 e. The highest BCUT2D eigenvalue weighted by molar-refractivity contribution is 6.07. The molecular formula is C66H48N4. The zero-order chi connectivity index (χ0) is 46.5. The van der Waals surface area contributed by atoms with Gasteiger partial charge in [-0.3, -0.25) is 8.97 Å². The molecular weight excluding hydrogens is 849 g/mol. The zero-order valence-electron chi connectivity index (χ0n) is 39.1. The highest BCUT2D eigenvalue weighted by atomic mass is 15.2. The van der Waals surface area contributed by atoms with E-state index in [1.165, 1.54) is 72.3 Å². The normalized spacial score (nSPS) is 14.2. The standard InChI is InChI=1S/C66H48N4/c1-66(2)60-23-13-11-21-55(60)56-37-34-50(41-61(56)66)69(48-30-25-45(26-31-48)44-17-7-4-8-18-44)51-35-38-63-67-64-57-22-12-14-24-62(57)70(65(64)68(63)42-51)49-32-27-46(28-33-49)47-29-36-54-52-19-9-10-20-53(52)58(59(54)40-47)39-43-15-5-3-6-16-43/h3-38,40-42,58H,39H2,1-2H3. The second-order valence-corrected chi connectivity index (χ2v) is 19.6. The number of fused-ring (bicyclic) bond motifs is 11. The summed E-state index contributed by atoms with van der Waals surface area (Å²) in [6.45, 7) is 4.71. The van der Waals surface area contributed by atoms with Gasteiger partial charge in [0.05, 0.1) is 11.2 Å². The molecule has 4 heteroatoms. The number of imidazole rings is 1. The largest absolute Gasteiger partial charge is 0.309 e. The summed E-state index contributed by atoms with van der Waals surface area (Å²) >= 11 is 0. The summed E-state index contributed by atoms with van der Waals surface area (Å²) in [6.07, 6.45) is 3.25. The van der Waals surface area contributed by atoms with Crippen molar-refractivity contribution in [2.45, 2.75) is 31.6 Å². The van der Waals surface area contributed by atoms with Gasteiger partial charge in [0.2, 0.25) is 0 Å². The first-order chi connectivity index (χ1) is 34.5. The van der Waals surface area contributed by atoms with Crippen molar-refractivity contribution in [3.05, 3.63) is 265 Å². The van der Waals surface area contributed by atoms with Gasteiger partial charge in [0, 0.05) is 40.0 Å². The van der Waals surface area contributed by atoms with E-state index in [4.69, 9.17) is 4.98 Å². The number of hydrogen-bond acceptors (Lipinski definition) is 2. The van der Waals surface area contributed by atoms with Crippen LogP contribution in [0, 0.1) is 0 Å². The van der Waals surface area contributed by atoms with Gasteiger partial charge in [0.25, 0.3) is 0 Å². The predicted octanol–water partition coefficient (Wildman–Crippen LogP) is 16.9. The SMILES string of the molecule is CC1(C)c2ccccc2-c2ccc(N(c3ccc(-c4ccccc4)cc3)c3ccc4nc5c6ccccc6n(-c6ccc(-c7ccc8c(c7)C(Cc7ccccc7)c7ccccc7-8)cc6)c5n4c3)cc21. The van der Waals surface area contributed by atoms with Crippen molar-refractivity contribution in [2.24, 2.45) is 0 Å². The highest BCUT2D eigenvalue weighted by Crippen LogP contribution is 2.51. The maximum Gasteiger partial charge on any atom is 0.150 e. The third-order valence-electron chi connectivity index (χ3n) is 15.3. The number of pyridine rings is 1. The molecule has 12 aromatic rings. The second-order valence-electron chi connectivity index (χ2n) is 19.6. The molecule has 3 aromatic heterocycles. The fraction of sp³-hybridized carbons (Fsp3) is 0.0758. The van der Waals surface area contributed by atoms with Crippen molar-refractivity contribution in [3.63, 3.8) is 0 Å². The second kappa shape index (κ2) is 15.7. The van der Waals surface area contributed by atoms with Crippen molar-refractivity contribution >= 4 is 44.8 Å². The van der Waals surface area contributed by atoms with Gasteiger partial charge in [-0.25, -0.2) is 4.98 Å². The molecule has 0 saturated carbocycles. The van der Waals surface area contributed by atoms with Crippen LogP contribution in [-0.2, 0) is 11.8 Å². The van der Waals surface area contributed by atoms with Crippen LogP contribution in [0.3, 0.4) is 0 Å². The van der Waals surface area contributed by atoms with Gasteiger partial charge in [0.15, 0.2) is 5.65 Å². The number of para-hydroxylation sites is 1. The smallest absolute Gasteiger partial charge is 0.150 e. The highest BCUT2D eigenvalue weighted by Gasteiger charge is 2.36. The van der Waals surface area contributed by atoms with E-state index in [-0.39, 0.29) is 5.41 Å². The third kappa shape index (κ3) is 6.26. The lowest BCUT2D eigenvalue weighted by Crippen LogP contribution is -2.16. The molecule has 3 heterocycles. The van der Waals surface area contributed by atoms with Gasteiger partial charge >= 0.3 is 0 Å². The van der Waals surface area contributed by atoms with Gasteiger partial charge in [-0.1, -0.05) is 184 Å². The molecule has 9 aromatic carbocycles. The van der Waals surface area contributed by atoms with Crippen molar-refractivity contribution in [1.29, 1.82) is 0 Å². The molecule has 2 aliphatic rings. The molecule has 0 amide bonds. The fourth-order valence-corrected chi connectivity index (χ4v) is 11.9. The average molecular weight is 897 g/mol. The van der Waals surface area contributed by atoms with E-state index < -0.39 is 0 Å². The summed E-state index contributed by atoms with van der Waals surface area (Å²) in [6, 6.07) is 84.7. The van der Waals surface area contributed by atoms with E-state index in [0.29, 0.717) is 5.92 Å². The van der Waals surface area contributed by atoms with Gasteiger partial charge in [-0.15, -0.1) is 0 Å². The number of rotatable bonds is 8. The number of hydrogen-bond donors (Lipinski definition) is 0. The Balaban J connectivity index is 0.889. The molecule has 0 fully saturated rings. The molecule has 0 aliphatic heterocycles. The van der Waals surface area contributed by atoms with Crippen molar-refractivity contribution < 1.29 is 0 Å². The van der Waals surface area contributed by atoms with Crippen LogP contribution in [0.15, 0.2) is 237 Å². The molecule has 332 valence electrons. The number of nitrogens with zero attached hydrogens (tertiary/aromatic N) is 4. The van der Waals surface area contributed by atoms with Crippen molar-refractivity contribution in [1.82, 2.24) is 14.0 Å². The maximum absolute atomic E-state index is 5.35. The fourth-order valence-electron chi connectivity index (χ4n) is 11.9. The Labute approximate surface area is 408 Å². The molecule has 4 nitrogen and oxygen atoms in total. The number of benzene rings is 9. The monoisotopic (exact) mass is 896 g/mol. The maximum atomic E-state index is 5.35. The van der Waals surface area contributed by atoms with Crippen LogP contribution in [0.25, 0.3) is 77.9 Å². The van der Waals surface area contributed by atoms with E-state index >= 15 is 0 Å². The Bertz CT molecular complexity index is 3990. The Morgan fingerprint density at radius 1 is 0.471 bits per heavy atom. The van der Waals surface area contributed by atoms with E-state index in [1.54, 1.807) is 0 Å². The predicted molar refractivity (Wildman–Crippen MR) is 290 cm³/mol. The van der Waals surface area contributed by atoms with E-state index in [0.717, 1.165) is 56.9 Å². The summed E-state index contributed by atoms with van der Waals surface area (Å²) in [4.78, 5) is 7.75. The van der Waals surface area contributed by atoms with Crippen LogP contribution < -0.4 is 4.90 Å². The molecule has 1 unspecified atom stereocenters. The Kier molecular flexibility index (Phi) is 9.03. The lowest BCUT2D eigenvalue weighted by Gasteiger charge is -2.28. The van der Waals surface area contributed by atoms with Crippen LogP contribution in [0.2, 0.25) is 0 Å². The summed E-state index contributed by atoms with van der Waals surface area (Å²) in [7, 11) is 0. The Morgan fingerprint density at radius 2 is 1.07 bits per heavy atom. The molecule has 70 heavy (non-hydrogen) atoms. The van der Waals surface area contributed by atoms with Crippen LogP contribution in [0.5, 0.6) is 0 Å². The zero-order valence-corrected chi connectivity index (χ0v) is 39.1. The molecule has 0 bridgehead atoms. The molecule has 0 N–H and O–H groups in total. The average Bonchev–Trinajstić information content (AvgIpc) is 4.11. The molecule has 14 rings (SSSR count). The topological polar surface area (TPSA) is 25.5 Å². The molecule has 0 radical (unpaired) electrons. The van der Waals surface area contributed by atoms with E-state index in [9.17, 15) is 0 Å². The Hall–Kier alpha value is -8.73. The summed E-state index contributed by atoms with van der Waals surface area (Å²) in [5.74, 6) is 0.309. The van der Waals surface area contributed by atoms with Crippen LogP contribution in [0.1, 0.15) is 47.6 Å². The van der Waals surface area contributed by atoms with Gasteiger partial charge in [0.1, 0.15) is 11.2 Å². The minimum atomic E-state index is -0.140. The van der Waals surface area contributed by atoms with Gasteiger partial charge < -0.3 is 4.90 Å². The van der Waals surface area contributed by atoms with Gasteiger partial charge in [-0.05, 0) is 139 Å². The van der Waals surface area contributed by atoms with E-state index in [2.05, 4.69) is 264 Å². The first kappa shape index (κ1) is 40.3. The molecule has 2 aliphatic carbocycles. The van der Waals surface area contributed by atoms with Crippen LogP contribution >= 0.6 is 0 Å². The lowest BCUT2D eigenvalue weighted by atomic mass is 9.82. The lowest BCUT2D eigenvalue weighted by molar-refractivity contribution is 0.660. The van der Waals surface area contributed by atoms with Crippen LogP contribution in [-0.4, -0.2) is 14.0 Å². The number of aromatic nitrogens is 3. The summed E-state index contributed by atoms with van der Waals surface area (Å²) in [5.41, 5.74) is 25.3. The molecule has 0 spiro atoms. The van der Waals surface area contributed by atoms with Crippen LogP contribution in [0.4, 0.5) is 17.1 Å². The van der Waals surface area contributed by atoms with Crippen molar-refractivity contribution in [3.8, 4) is 50.2 Å². The Morgan fingerprint density at radius 3 is 1.90 bits per heavy atom.